The van der Waals surface area contributed by atoms with Crippen LogP contribution in [-0.4, -0.2) is 30.5 Å². The van der Waals surface area contributed by atoms with Crippen molar-refractivity contribution in [3.05, 3.63) is 89.7 Å². The van der Waals surface area contributed by atoms with Gasteiger partial charge in [0.15, 0.2) is 0 Å². The van der Waals surface area contributed by atoms with E-state index in [2.05, 4.69) is 40.5 Å². The number of likely N-dealkylation sites (tertiary alicyclic amines) is 1. The van der Waals surface area contributed by atoms with Gasteiger partial charge < -0.3 is 10.1 Å². The molecule has 0 spiro atoms. The molecule has 0 aromatic heterocycles. The Bertz CT molecular complexity index is 1050. The lowest BCUT2D eigenvalue weighted by molar-refractivity contribution is -0.125. The van der Waals surface area contributed by atoms with E-state index in [1.165, 1.54) is 17.7 Å². The van der Waals surface area contributed by atoms with Gasteiger partial charge >= 0.3 is 0 Å². The van der Waals surface area contributed by atoms with Crippen molar-refractivity contribution in [1.29, 1.82) is 0 Å². The molecule has 3 aromatic carbocycles. The fourth-order valence-electron chi connectivity index (χ4n) is 4.15. The molecular formula is C26H27FN2O2. The molecule has 160 valence electrons. The monoisotopic (exact) mass is 418 g/mol. The lowest BCUT2D eigenvalue weighted by Gasteiger charge is -2.24. The molecule has 5 heteroatoms. The molecule has 1 amide bonds. The van der Waals surface area contributed by atoms with Crippen molar-refractivity contribution in [2.45, 2.75) is 32.0 Å². The summed E-state index contributed by atoms with van der Waals surface area (Å²) in [7, 11) is 1.67. The lowest BCUT2D eigenvalue weighted by atomic mass is 10.0. The van der Waals surface area contributed by atoms with Crippen LogP contribution in [0.4, 0.5) is 4.39 Å². The van der Waals surface area contributed by atoms with Gasteiger partial charge in [0, 0.05) is 13.1 Å². The second-order valence-electron chi connectivity index (χ2n) is 7.91. The van der Waals surface area contributed by atoms with Crippen LogP contribution in [0.25, 0.3) is 11.1 Å². The van der Waals surface area contributed by atoms with Crippen molar-refractivity contribution in [1.82, 2.24) is 10.2 Å². The van der Waals surface area contributed by atoms with Gasteiger partial charge in [-0.1, -0.05) is 42.5 Å². The molecule has 0 bridgehead atoms. The summed E-state index contributed by atoms with van der Waals surface area (Å²) in [6.07, 6.45) is 1.83. The van der Waals surface area contributed by atoms with Gasteiger partial charge in [-0.25, -0.2) is 4.39 Å². The largest absolute Gasteiger partial charge is 0.497 e. The number of halogens is 1. The van der Waals surface area contributed by atoms with Crippen LogP contribution < -0.4 is 10.1 Å². The Morgan fingerprint density at radius 2 is 1.77 bits per heavy atom. The van der Waals surface area contributed by atoms with Crippen molar-refractivity contribution >= 4 is 5.91 Å². The third kappa shape index (κ3) is 5.30. The molecule has 1 unspecified atom stereocenters. The number of nitrogens with one attached hydrogen (secondary N) is 1. The summed E-state index contributed by atoms with van der Waals surface area (Å²) < 4.78 is 18.7. The highest BCUT2D eigenvalue weighted by atomic mass is 19.1. The normalized spacial score (nSPS) is 16.3. The van der Waals surface area contributed by atoms with Crippen LogP contribution in [0, 0.1) is 5.82 Å². The average Bonchev–Trinajstić information content (AvgIpc) is 3.26. The predicted octanol–water partition coefficient (Wildman–Crippen LogP) is 4.78. The zero-order valence-corrected chi connectivity index (χ0v) is 17.7. The van der Waals surface area contributed by atoms with Crippen LogP contribution in [0.1, 0.15) is 24.0 Å². The van der Waals surface area contributed by atoms with Gasteiger partial charge in [0.05, 0.1) is 13.2 Å². The third-order valence-corrected chi connectivity index (χ3v) is 5.74. The van der Waals surface area contributed by atoms with Gasteiger partial charge in [0.25, 0.3) is 0 Å². The Hall–Kier alpha value is -3.18. The van der Waals surface area contributed by atoms with Crippen LogP contribution >= 0.6 is 0 Å². The van der Waals surface area contributed by atoms with Gasteiger partial charge in [0.1, 0.15) is 11.6 Å². The molecule has 4 nitrogen and oxygen atoms in total. The molecule has 31 heavy (non-hydrogen) atoms. The Morgan fingerprint density at radius 3 is 2.58 bits per heavy atom. The number of methoxy groups -OCH3 is 1. The summed E-state index contributed by atoms with van der Waals surface area (Å²) in [4.78, 5) is 15.0. The maximum absolute atomic E-state index is 13.4. The Labute approximate surface area is 182 Å². The number of ether oxygens (including phenoxy) is 1. The highest BCUT2D eigenvalue weighted by Crippen LogP contribution is 2.26. The molecular weight excluding hydrogens is 391 g/mol. The fraction of sp³-hybridized carbons (Fsp3) is 0.269. The second-order valence-corrected chi connectivity index (χ2v) is 7.91. The Kier molecular flexibility index (Phi) is 6.63. The minimum atomic E-state index is -0.287. The topological polar surface area (TPSA) is 41.6 Å². The number of hydrogen-bond donors (Lipinski definition) is 1. The molecule has 1 N–H and O–H groups in total. The van der Waals surface area contributed by atoms with Gasteiger partial charge in [-0.05, 0) is 72.0 Å². The summed E-state index contributed by atoms with van der Waals surface area (Å²) in [5.41, 5.74) is 4.17. The minimum absolute atomic E-state index is 0.00529. The number of amides is 1. The molecule has 1 atom stereocenters. The predicted molar refractivity (Wildman–Crippen MR) is 120 cm³/mol. The first-order valence-corrected chi connectivity index (χ1v) is 10.6. The molecule has 4 rings (SSSR count). The zero-order valence-electron chi connectivity index (χ0n) is 17.7. The van der Waals surface area contributed by atoms with E-state index in [0.717, 1.165) is 48.4 Å². The summed E-state index contributed by atoms with van der Waals surface area (Å²) in [5, 5.41) is 2.97. The van der Waals surface area contributed by atoms with Gasteiger partial charge in [0.2, 0.25) is 5.91 Å². The van der Waals surface area contributed by atoms with Crippen molar-refractivity contribution in [3.8, 4) is 16.9 Å². The lowest BCUT2D eigenvalue weighted by Crippen LogP contribution is -2.42. The number of nitrogens with zero attached hydrogens (tertiary/aromatic N) is 1. The fourth-order valence-corrected chi connectivity index (χ4v) is 4.15. The van der Waals surface area contributed by atoms with Gasteiger partial charge in [-0.2, -0.15) is 0 Å². The average molecular weight is 419 g/mol. The summed E-state index contributed by atoms with van der Waals surface area (Å²) in [5.74, 6) is 0.549. The Morgan fingerprint density at radius 1 is 1.03 bits per heavy atom. The zero-order chi connectivity index (χ0) is 21.6. The molecule has 1 aliphatic heterocycles. The molecule has 1 heterocycles. The van der Waals surface area contributed by atoms with E-state index in [9.17, 15) is 9.18 Å². The highest BCUT2D eigenvalue weighted by Gasteiger charge is 2.30. The van der Waals surface area contributed by atoms with Crippen LogP contribution in [-0.2, 0) is 17.9 Å². The number of carbonyl (C=O) groups is 1. The number of carbonyl (C=O) groups excluding carboxylic acids is 1. The molecule has 0 aliphatic carbocycles. The standard InChI is InChI=1S/C26H27FN2O2/c1-31-24-11-4-9-22(16-24)21-8-2-7-20(14-21)18-29-13-5-12-25(29)26(30)28-17-19-6-3-10-23(27)15-19/h2-4,6-11,14-16,25H,5,12-13,17-18H2,1H3,(H,28,30). The Balaban J connectivity index is 1.41. The van der Waals surface area contributed by atoms with Crippen molar-refractivity contribution in [2.75, 3.05) is 13.7 Å². The van der Waals surface area contributed by atoms with E-state index in [4.69, 9.17) is 4.74 Å². The summed E-state index contributed by atoms with van der Waals surface area (Å²) in [6, 6.07) is 22.6. The molecule has 0 saturated carbocycles. The second kappa shape index (κ2) is 9.75. The molecule has 1 aliphatic rings. The van der Waals surface area contributed by atoms with Crippen molar-refractivity contribution < 1.29 is 13.9 Å². The van der Waals surface area contributed by atoms with Crippen LogP contribution in [0.15, 0.2) is 72.8 Å². The maximum atomic E-state index is 13.4. The van der Waals surface area contributed by atoms with E-state index >= 15 is 0 Å². The molecule has 1 saturated heterocycles. The highest BCUT2D eigenvalue weighted by molar-refractivity contribution is 5.82. The smallest absolute Gasteiger partial charge is 0.237 e. The first kappa shape index (κ1) is 21.1. The first-order valence-electron chi connectivity index (χ1n) is 10.6. The molecule has 0 radical (unpaired) electrons. The first-order chi connectivity index (χ1) is 15.1. The van der Waals surface area contributed by atoms with Crippen LogP contribution in [0.2, 0.25) is 0 Å². The molecule has 3 aromatic rings. The van der Waals surface area contributed by atoms with E-state index in [-0.39, 0.29) is 17.8 Å². The molecule has 1 fully saturated rings. The quantitative estimate of drug-likeness (QED) is 0.600. The van der Waals surface area contributed by atoms with Gasteiger partial charge in [-0.15, -0.1) is 0 Å². The van der Waals surface area contributed by atoms with Crippen molar-refractivity contribution in [3.63, 3.8) is 0 Å². The van der Waals surface area contributed by atoms with E-state index in [1.54, 1.807) is 13.2 Å². The summed E-state index contributed by atoms with van der Waals surface area (Å²) >= 11 is 0. The van der Waals surface area contributed by atoms with E-state index in [1.807, 2.05) is 24.3 Å². The third-order valence-electron chi connectivity index (χ3n) is 5.74. The van der Waals surface area contributed by atoms with Crippen molar-refractivity contribution in [2.24, 2.45) is 0 Å². The number of hydrogen-bond acceptors (Lipinski definition) is 3. The van der Waals surface area contributed by atoms with Crippen LogP contribution in [0.5, 0.6) is 5.75 Å². The number of rotatable bonds is 7. The number of benzene rings is 3. The van der Waals surface area contributed by atoms with Crippen LogP contribution in [0.3, 0.4) is 0 Å². The van der Waals surface area contributed by atoms with E-state index < -0.39 is 0 Å². The minimum Gasteiger partial charge on any atom is -0.497 e. The summed E-state index contributed by atoms with van der Waals surface area (Å²) in [6.45, 7) is 1.95. The maximum Gasteiger partial charge on any atom is 0.237 e. The van der Waals surface area contributed by atoms with E-state index in [0.29, 0.717) is 6.54 Å². The SMILES string of the molecule is COc1cccc(-c2cccc(CN3CCCC3C(=O)NCc3cccc(F)c3)c2)c1. The van der Waals surface area contributed by atoms with Gasteiger partial charge in [-0.3, -0.25) is 9.69 Å².